The summed E-state index contributed by atoms with van der Waals surface area (Å²) < 4.78 is 44.4. The summed E-state index contributed by atoms with van der Waals surface area (Å²) in [6.45, 7) is 2.33. The van der Waals surface area contributed by atoms with Crippen molar-refractivity contribution in [3.63, 3.8) is 0 Å². The summed E-state index contributed by atoms with van der Waals surface area (Å²) in [6, 6.07) is 7.35. The zero-order chi connectivity index (χ0) is 17.8. The molecule has 1 saturated heterocycles. The van der Waals surface area contributed by atoms with Crippen molar-refractivity contribution in [1.29, 1.82) is 5.26 Å². The minimum Gasteiger partial charge on any atom is -0.381 e. The van der Waals surface area contributed by atoms with E-state index in [1.807, 2.05) is 0 Å². The molecule has 1 heterocycles. The van der Waals surface area contributed by atoms with Crippen LogP contribution in [0.15, 0.2) is 24.3 Å². The smallest absolute Gasteiger partial charge is 0.381 e. The van der Waals surface area contributed by atoms with E-state index < -0.39 is 29.1 Å². The molecule has 1 atom stereocenters. The number of halogens is 3. The summed E-state index contributed by atoms with van der Waals surface area (Å²) in [7, 11) is 0. The first-order valence-corrected chi connectivity index (χ1v) is 7.73. The molecule has 2 rings (SSSR count). The van der Waals surface area contributed by atoms with Gasteiger partial charge in [-0.1, -0.05) is 25.1 Å². The summed E-state index contributed by atoms with van der Waals surface area (Å²) >= 11 is 0. The summed E-state index contributed by atoms with van der Waals surface area (Å²) in [6.07, 6.45) is -3.82. The highest BCUT2D eigenvalue weighted by Crippen LogP contribution is 2.36. The summed E-state index contributed by atoms with van der Waals surface area (Å²) in [5.74, 6) is -1.04. The molecule has 0 radical (unpaired) electrons. The Morgan fingerprint density at radius 3 is 2.58 bits per heavy atom. The average Bonchev–Trinajstić information content (AvgIpc) is 2.54. The molecular weight excluding hydrogens is 321 g/mol. The number of alkyl halides is 3. The monoisotopic (exact) mass is 340 g/mol. The third-order valence-corrected chi connectivity index (χ3v) is 4.23. The number of nitrogens with one attached hydrogen (secondary N) is 1. The zero-order valence-corrected chi connectivity index (χ0v) is 13.3. The molecule has 24 heavy (non-hydrogen) atoms. The van der Waals surface area contributed by atoms with Crippen molar-refractivity contribution < 1.29 is 22.7 Å². The quantitative estimate of drug-likeness (QED) is 0.914. The molecule has 1 aliphatic rings. The third-order valence-electron chi connectivity index (χ3n) is 4.23. The molecule has 0 bridgehead atoms. The Labute approximate surface area is 138 Å². The standard InChI is InChI=1S/C17H19F3N2O2/c1-12(13-4-2-3-5-14(13)17(18,19)20)10-15(23)22-16(11-21)6-8-24-9-7-16/h2-5,12H,6-10H2,1H3,(H,22,23)/t12-/m1/s1. The van der Waals surface area contributed by atoms with Gasteiger partial charge in [0, 0.05) is 32.5 Å². The van der Waals surface area contributed by atoms with Crippen LogP contribution in [0.1, 0.15) is 43.2 Å². The molecule has 1 aliphatic heterocycles. The molecule has 0 saturated carbocycles. The van der Waals surface area contributed by atoms with E-state index in [1.165, 1.54) is 18.2 Å². The Balaban J connectivity index is 2.09. The number of amides is 1. The first kappa shape index (κ1) is 18.3. The van der Waals surface area contributed by atoms with Crippen LogP contribution in [0, 0.1) is 11.3 Å². The number of nitrogens with zero attached hydrogens (tertiary/aromatic N) is 1. The number of hydrogen-bond acceptors (Lipinski definition) is 3. The molecule has 0 unspecified atom stereocenters. The fraction of sp³-hybridized carbons (Fsp3) is 0.529. The van der Waals surface area contributed by atoms with Crippen LogP contribution < -0.4 is 5.32 Å². The normalized spacial score (nSPS) is 18.5. The maximum atomic E-state index is 13.1. The van der Waals surface area contributed by atoms with Gasteiger partial charge in [0.2, 0.25) is 5.91 Å². The summed E-state index contributed by atoms with van der Waals surface area (Å²) in [4.78, 5) is 12.2. The first-order valence-electron chi connectivity index (χ1n) is 7.73. The van der Waals surface area contributed by atoms with Crippen molar-refractivity contribution in [2.45, 2.75) is 43.8 Å². The summed E-state index contributed by atoms with van der Waals surface area (Å²) in [5.41, 5.74) is -1.64. The minimum absolute atomic E-state index is 0.0816. The molecule has 0 aromatic heterocycles. The second-order valence-corrected chi connectivity index (χ2v) is 6.04. The van der Waals surface area contributed by atoms with Crippen LogP contribution in [0.3, 0.4) is 0 Å². The lowest BCUT2D eigenvalue weighted by atomic mass is 9.89. The van der Waals surface area contributed by atoms with E-state index in [4.69, 9.17) is 4.74 Å². The van der Waals surface area contributed by atoms with Crippen LogP contribution >= 0.6 is 0 Å². The number of carbonyl (C=O) groups excluding carboxylic acids is 1. The van der Waals surface area contributed by atoms with Crippen molar-refractivity contribution in [3.05, 3.63) is 35.4 Å². The lowest BCUT2D eigenvalue weighted by molar-refractivity contribution is -0.138. The van der Waals surface area contributed by atoms with Gasteiger partial charge in [-0.3, -0.25) is 4.79 Å². The molecule has 1 amide bonds. The van der Waals surface area contributed by atoms with Gasteiger partial charge in [-0.15, -0.1) is 0 Å². The molecule has 0 spiro atoms. The number of carbonyl (C=O) groups is 1. The van der Waals surface area contributed by atoms with Gasteiger partial charge >= 0.3 is 6.18 Å². The van der Waals surface area contributed by atoms with E-state index in [2.05, 4.69) is 11.4 Å². The fourth-order valence-electron chi connectivity index (χ4n) is 2.88. The number of ether oxygens (including phenoxy) is 1. The van der Waals surface area contributed by atoms with Gasteiger partial charge in [0.05, 0.1) is 11.6 Å². The lowest BCUT2D eigenvalue weighted by Gasteiger charge is -2.32. The fourth-order valence-corrected chi connectivity index (χ4v) is 2.88. The van der Waals surface area contributed by atoms with E-state index >= 15 is 0 Å². The molecule has 7 heteroatoms. The van der Waals surface area contributed by atoms with Crippen LogP contribution in [0.4, 0.5) is 13.2 Å². The molecule has 1 aromatic rings. The minimum atomic E-state index is -4.46. The largest absolute Gasteiger partial charge is 0.416 e. The van der Waals surface area contributed by atoms with Crippen molar-refractivity contribution in [2.75, 3.05) is 13.2 Å². The Morgan fingerprint density at radius 1 is 1.38 bits per heavy atom. The Morgan fingerprint density at radius 2 is 2.00 bits per heavy atom. The highest BCUT2D eigenvalue weighted by Gasteiger charge is 2.36. The van der Waals surface area contributed by atoms with Crippen LogP contribution in [0.5, 0.6) is 0 Å². The van der Waals surface area contributed by atoms with Crippen molar-refractivity contribution in [3.8, 4) is 6.07 Å². The lowest BCUT2D eigenvalue weighted by Crippen LogP contribution is -2.51. The van der Waals surface area contributed by atoms with Gasteiger partial charge in [-0.25, -0.2) is 0 Å². The Hall–Kier alpha value is -2.07. The van der Waals surface area contributed by atoms with Gasteiger partial charge in [0.25, 0.3) is 0 Å². The second kappa shape index (κ2) is 7.22. The van der Waals surface area contributed by atoms with E-state index in [9.17, 15) is 23.2 Å². The van der Waals surface area contributed by atoms with Crippen LogP contribution in [0.25, 0.3) is 0 Å². The number of nitriles is 1. The molecule has 1 fully saturated rings. The van der Waals surface area contributed by atoms with E-state index in [1.54, 1.807) is 6.92 Å². The first-order chi connectivity index (χ1) is 11.3. The highest BCUT2D eigenvalue weighted by molar-refractivity contribution is 5.78. The van der Waals surface area contributed by atoms with E-state index in [0.717, 1.165) is 6.07 Å². The van der Waals surface area contributed by atoms with Crippen molar-refractivity contribution >= 4 is 5.91 Å². The number of hydrogen-bond donors (Lipinski definition) is 1. The predicted octanol–water partition coefficient (Wildman–Crippen LogP) is 3.39. The van der Waals surface area contributed by atoms with Gasteiger partial charge in [-0.05, 0) is 17.5 Å². The van der Waals surface area contributed by atoms with Crippen molar-refractivity contribution in [1.82, 2.24) is 5.32 Å². The SMILES string of the molecule is C[C@H](CC(=O)NC1(C#N)CCOCC1)c1ccccc1C(F)(F)F. The molecule has 0 aliphatic carbocycles. The number of benzene rings is 1. The highest BCUT2D eigenvalue weighted by atomic mass is 19.4. The molecule has 4 nitrogen and oxygen atoms in total. The summed E-state index contributed by atoms with van der Waals surface area (Å²) in [5, 5.41) is 12.0. The second-order valence-electron chi connectivity index (χ2n) is 6.04. The number of rotatable bonds is 4. The average molecular weight is 340 g/mol. The predicted molar refractivity (Wildman–Crippen MR) is 81.0 cm³/mol. The van der Waals surface area contributed by atoms with Gasteiger partial charge in [0.1, 0.15) is 5.54 Å². The van der Waals surface area contributed by atoms with Crippen LogP contribution in [-0.4, -0.2) is 24.7 Å². The van der Waals surface area contributed by atoms with Gasteiger partial charge < -0.3 is 10.1 Å². The molecule has 130 valence electrons. The Bertz CT molecular complexity index is 631. The van der Waals surface area contributed by atoms with E-state index in [0.29, 0.717) is 26.1 Å². The van der Waals surface area contributed by atoms with Crippen LogP contribution in [-0.2, 0) is 15.7 Å². The molecule has 1 aromatic carbocycles. The Kier molecular flexibility index (Phi) is 5.50. The maximum Gasteiger partial charge on any atom is 0.416 e. The van der Waals surface area contributed by atoms with Gasteiger partial charge in [0.15, 0.2) is 0 Å². The molecular formula is C17H19F3N2O2. The van der Waals surface area contributed by atoms with Gasteiger partial charge in [-0.2, -0.15) is 18.4 Å². The van der Waals surface area contributed by atoms with E-state index in [-0.39, 0.29) is 12.0 Å². The topological polar surface area (TPSA) is 62.1 Å². The van der Waals surface area contributed by atoms with Crippen LogP contribution in [0.2, 0.25) is 0 Å². The maximum absolute atomic E-state index is 13.1. The molecule has 1 N–H and O–H groups in total. The van der Waals surface area contributed by atoms with Crippen molar-refractivity contribution in [2.24, 2.45) is 0 Å². The zero-order valence-electron chi connectivity index (χ0n) is 13.3. The third kappa shape index (κ3) is 4.26.